The van der Waals surface area contributed by atoms with E-state index >= 15 is 0 Å². The van der Waals surface area contributed by atoms with Crippen LogP contribution < -0.4 is 10.6 Å². The van der Waals surface area contributed by atoms with Gasteiger partial charge in [-0.25, -0.2) is 0 Å². The number of anilines is 1. The maximum Gasteiger partial charge on any atom is 0.0642 e. The molecule has 2 N–H and O–H groups in total. The lowest BCUT2D eigenvalue weighted by Gasteiger charge is -2.38. The molecule has 1 aromatic carbocycles. The number of nitrogens with zero attached hydrogens (tertiary/aromatic N) is 1. The molecule has 0 spiro atoms. The molecule has 0 bridgehead atoms. The molecule has 2 rings (SSSR count). The Morgan fingerprint density at radius 3 is 2.85 bits per heavy atom. The van der Waals surface area contributed by atoms with Gasteiger partial charge in [0.2, 0.25) is 0 Å². The topological polar surface area (TPSA) is 29.3 Å². The molecule has 0 saturated carbocycles. The highest BCUT2D eigenvalue weighted by atomic mass is 35.5. The summed E-state index contributed by atoms with van der Waals surface area (Å²) in [6.07, 6.45) is 7.31. The third kappa shape index (κ3) is 3.89. The normalized spacial score (nSPS) is 21.0. The van der Waals surface area contributed by atoms with E-state index in [2.05, 4.69) is 30.0 Å². The van der Waals surface area contributed by atoms with E-state index in [1.54, 1.807) is 0 Å². The first-order valence-corrected chi connectivity index (χ1v) is 8.30. The molecule has 1 aromatic rings. The van der Waals surface area contributed by atoms with Crippen molar-refractivity contribution < 1.29 is 0 Å². The lowest BCUT2D eigenvalue weighted by Crippen LogP contribution is -2.39. The number of hydrogen-bond donors (Lipinski definition) is 1. The fourth-order valence-corrected chi connectivity index (χ4v) is 3.54. The minimum Gasteiger partial charge on any atom is -0.367 e. The number of benzene rings is 1. The zero-order valence-corrected chi connectivity index (χ0v) is 13.5. The van der Waals surface area contributed by atoms with Gasteiger partial charge in [-0.05, 0) is 56.7 Å². The van der Waals surface area contributed by atoms with Crippen LogP contribution >= 0.6 is 11.6 Å². The summed E-state index contributed by atoms with van der Waals surface area (Å²) in [5.74, 6) is 0. The minimum absolute atomic E-state index is 0.180. The van der Waals surface area contributed by atoms with Crippen molar-refractivity contribution in [2.45, 2.75) is 64.5 Å². The van der Waals surface area contributed by atoms with Crippen LogP contribution in [0.5, 0.6) is 0 Å². The van der Waals surface area contributed by atoms with Crippen LogP contribution in [0.15, 0.2) is 18.2 Å². The molecule has 0 radical (unpaired) electrons. The van der Waals surface area contributed by atoms with E-state index < -0.39 is 0 Å². The monoisotopic (exact) mass is 294 g/mol. The largest absolute Gasteiger partial charge is 0.367 e. The second kappa shape index (κ2) is 7.33. The first kappa shape index (κ1) is 15.7. The third-order valence-corrected chi connectivity index (χ3v) is 4.43. The van der Waals surface area contributed by atoms with Crippen molar-refractivity contribution in [2.75, 3.05) is 11.4 Å². The Hall–Kier alpha value is -0.730. The molecule has 3 heteroatoms. The SMILES string of the molecule is CCCC1CCCCN1c1ccc(CC(C)N)cc1Cl. The number of nitrogens with two attached hydrogens (primary N) is 1. The maximum atomic E-state index is 6.53. The second-order valence-electron chi connectivity index (χ2n) is 6.10. The van der Waals surface area contributed by atoms with Gasteiger partial charge in [0.25, 0.3) is 0 Å². The molecule has 1 aliphatic heterocycles. The summed E-state index contributed by atoms with van der Waals surface area (Å²) in [6, 6.07) is 7.30. The van der Waals surface area contributed by atoms with Crippen LogP contribution in [0.2, 0.25) is 5.02 Å². The lowest BCUT2D eigenvalue weighted by atomic mass is 9.97. The Morgan fingerprint density at radius 1 is 1.40 bits per heavy atom. The van der Waals surface area contributed by atoms with Gasteiger partial charge < -0.3 is 10.6 Å². The van der Waals surface area contributed by atoms with Crippen LogP contribution in [0.4, 0.5) is 5.69 Å². The Bertz CT molecular complexity index is 429. The molecule has 0 aromatic heterocycles. The predicted molar refractivity (Wildman–Crippen MR) is 88.7 cm³/mol. The summed E-state index contributed by atoms with van der Waals surface area (Å²) in [7, 11) is 0. The molecular weight excluding hydrogens is 268 g/mol. The van der Waals surface area contributed by atoms with Crippen molar-refractivity contribution in [3.8, 4) is 0 Å². The van der Waals surface area contributed by atoms with Crippen LogP contribution in [-0.2, 0) is 6.42 Å². The highest BCUT2D eigenvalue weighted by Gasteiger charge is 2.23. The van der Waals surface area contributed by atoms with E-state index in [4.69, 9.17) is 17.3 Å². The lowest BCUT2D eigenvalue weighted by molar-refractivity contribution is 0.435. The minimum atomic E-state index is 0.180. The Balaban J connectivity index is 2.18. The Kier molecular flexibility index (Phi) is 5.74. The molecule has 20 heavy (non-hydrogen) atoms. The molecule has 2 atom stereocenters. The summed E-state index contributed by atoms with van der Waals surface area (Å²) in [6.45, 7) is 5.43. The summed E-state index contributed by atoms with van der Waals surface area (Å²) >= 11 is 6.53. The van der Waals surface area contributed by atoms with Crippen LogP contribution in [0.3, 0.4) is 0 Å². The summed E-state index contributed by atoms with van der Waals surface area (Å²) in [5.41, 5.74) is 8.30. The van der Waals surface area contributed by atoms with Gasteiger partial charge in [0.05, 0.1) is 10.7 Å². The number of halogens is 1. The van der Waals surface area contributed by atoms with Crippen LogP contribution in [-0.4, -0.2) is 18.6 Å². The van der Waals surface area contributed by atoms with Crippen molar-refractivity contribution in [3.63, 3.8) is 0 Å². The fourth-order valence-electron chi connectivity index (χ4n) is 3.23. The van der Waals surface area contributed by atoms with E-state index in [0.29, 0.717) is 6.04 Å². The molecule has 2 nitrogen and oxygen atoms in total. The van der Waals surface area contributed by atoms with Crippen molar-refractivity contribution in [2.24, 2.45) is 5.73 Å². The van der Waals surface area contributed by atoms with Crippen LogP contribution in [0, 0.1) is 0 Å². The van der Waals surface area contributed by atoms with E-state index in [9.17, 15) is 0 Å². The van der Waals surface area contributed by atoms with Crippen molar-refractivity contribution in [1.82, 2.24) is 0 Å². The zero-order valence-electron chi connectivity index (χ0n) is 12.7. The van der Waals surface area contributed by atoms with Gasteiger partial charge in [-0.3, -0.25) is 0 Å². The van der Waals surface area contributed by atoms with E-state index in [1.807, 2.05) is 6.92 Å². The van der Waals surface area contributed by atoms with E-state index in [1.165, 1.54) is 43.4 Å². The van der Waals surface area contributed by atoms with Gasteiger partial charge >= 0.3 is 0 Å². The van der Waals surface area contributed by atoms with Crippen LogP contribution in [0.1, 0.15) is 51.5 Å². The Morgan fingerprint density at radius 2 is 2.20 bits per heavy atom. The highest BCUT2D eigenvalue weighted by molar-refractivity contribution is 6.33. The van der Waals surface area contributed by atoms with E-state index in [0.717, 1.165) is 18.0 Å². The molecule has 1 fully saturated rings. The first-order chi connectivity index (χ1) is 9.61. The van der Waals surface area contributed by atoms with Gasteiger partial charge in [0, 0.05) is 18.6 Å². The van der Waals surface area contributed by atoms with Gasteiger partial charge in [0.1, 0.15) is 0 Å². The number of rotatable bonds is 5. The van der Waals surface area contributed by atoms with Gasteiger partial charge in [0.15, 0.2) is 0 Å². The molecule has 112 valence electrons. The predicted octanol–water partition coefficient (Wildman–Crippen LogP) is 4.39. The molecule has 1 aliphatic rings. The smallest absolute Gasteiger partial charge is 0.0642 e. The second-order valence-corrected chi connectivity index (χ2v) is 6.51. The molecule has 0 amide bonds. The van der Waals surface area contributed by atoms with Gasteiger partial charge in [-0.1, -0.05) is 31.0 Å². The quantitative estimate of drug-likeness (QED) is 0.873. The van der Waals surface area contributed by atoms with Crippen molar-refractivity contribution in [1.29, 1.82) is 0 Å². The van der Waals surface area contributed by atoms with Gasteiger partial charge in [-0.15, -0.1) is 0 Å². The Labute approximate surface area is 128 Å². The van der Waals surface area contributed by atoms with Gasteiger partial charge in [-0.2, -0.15) is 0 Å². The van der Waals surface area contributed by atoms with Crippen molar-refractivity contribution >= 4 is 17.3 Å². The molecular formula is C17H27ClN2. The standard InChI is InChI=1S/C17H27ClN2/c1-3-6-15-7-4-5-10-20(15)17-9-8-14(11-13(2)19)12-16(17)18/h8-9,12-13,15H,3-7,10-11,19H2,1-2H3. The third-order valence-electron chi connectivity index (χ3n) is 4.13. The molecule has 0 aliphatic carbocycles. The first-order valence-electron chi connectivity index (χ1n) is 7.92. The average molecular weight is 295 g/mol. The molecule has 1 heterocycles. The highest BCUT2D eigenvalue weighted by Crippen LogP contribution is 2.33. The molecule has 2 unspecified atom stereocenters. The fraction of sp³-hybridized carbons (Fsp3) is 0.647. The summed E-state index contributed by atoms with van der Waals surface area (Å²) < 4.78 is 0. The van der Waals surface area contributed by atoms with Crippen molar-refractivity contribution in [3.05, 3.63) is 28.8 Å². The van der Waals surface area contributed by atoms with E-state index in [-0.39, 0.29) is 6.04 Å². The number of piperidine rings is 1. The summed E-state index contributed by atoms with van der Waals surface area (Å²) in [4.78, 5) is 2.52. The average Bonchev–Trinajstić information content (AvgIpc) is 2.40. The maximum absolute atomic E-state index is 6.53. The number of hydrogen-bond acceptors (Lipinski definition) is 2. The van der Waals surface area contributed by atoms with Crippen LogP contribution in [0.25, 0.3) is 0 Å². The zero-order chi connectivity index (χ0) is 14.5. The summed E-state index contributed by atoms with van der Waals surface area (Å²) in [5, 5.41) is 0.881. The molecule has 1 saturated heterocycles.